The zero-order chi connectivity index (χ0) is 14.5. The summed E-state index contributed by atoms with van der Waals surface area (Å²) in [4.78, 5) is 12.2. The maximum absolute atomic E-state index is 12.2. The Kier molecular flexibility index (Phi) is 4.76. The Morgan fingerprint density at radius 1 is 1.30 bits per heavy atom. The van der Waals surface area contributed by atoms with E-state index < -0.39 is 0 Å². The number of phenolic OH excluding ortho intramolecular Hbond substituents is 1. The average molecular weight is 336 g/mol. The third-order valence-electron chi connectivity index (χ3n) is 2.77. The summed E-state index contributed by atoms with van der Waals surface area (Å²) in [5.74, 6) is -0.431. The van der Waals surface area contributed by atoms with Crippen molar-refractivity contribution in [3.63, 3.8) is 0 Å². The van der Waals surface area contributed by atoms with Gasteiger partial charge in [-0.1, -0.05) is 34.1 Å². The summed E-state index contributed by atoms with van der Waals surface area (Å²) in [5, 5.41) is 12.6. The zero-order valence-corrected chi connectivity index (χ0v) is 12.5. The van der Waals surface area contributed by atoms with Gasteiger partial charge in [-0.2, -0.15) is 0 Å². The molecule has 0 heterocycles. The first-order valence-corrected chi connectivity index (χ1v) is 6.78. The van der Waals surface area contributed by atoms with E-state index in [9.17, 15) is 9.90 Å². The molecule has 0 saturated carbocycles. The molecule has 0 spiro atoms. The van der Waals surface area contributed by atoms with Crippen LogP contribution < -0.4 is 5.32 Å². The standard InChI is InChI=1S/C15H14BrNO3/c1-20-9-10-4-2-3-5-13(10)17-15(19)12-7-6-11(16)8-14(12)18/h2-8,18H,9H2,1H3,(H,17,19). The number of ether oxygens (including phenoxy) is 1. The van der Waals surface area contributed by atoms with Crippen molar-refractivity contribution >= 4 is 27.5 Å². The van der Waals surface area contributed by atoms with E-state index in [4.69, 9.17) is 4.74 Å². The second kappa shape index (κ2) is 6.54. The first kappa shape index (κ1) is 14.6. The van der Waals surface area contributed by atoms with Crippen LogP contribution in [0, 0.1) is 0 Å². The van der Waals surface area contributed by atoms with Crippen LogP contribution in [0.4, 0.5) is 5.69 Å². The van der Waals surface area contributed by atoms with Gasteiger partial charge in [0.15, 0.2) is 0 Å². The minimum atomic E-state index is -0.362. The number of anilines is 1. The van der Waals surface area contributed by atoms with Crippen LogP contribution in [0.5, 0.6) is 5.75 Å². The third-order valence-corrected chi connectivity index (χ3v) is 3.26. The van der Waals surface area contributed by atoms with E-state index >= 15 is 0 Å². The molecule has 0 aliphatic heterocycles. The van der Waals surface area contributed by atoms with Gasteiger partial charge >= 0.3 is 0 Å². The Hall–Kier alpha value is -1.85. The molecule has 0 bridgehead atoms. The van der Waals surface area contributed by atoms with Crippen molar-refractivity contribution in [2.75, 3.05) is 12.4 Å². The molecule has 2 aromatic carbocycles. The maximum atomic E-state index is 12.2. The van der Waals surface area contributed by atoms with Crippen LogP contribution in [0.2, 0.25) is 0 Å². The lowest BCUT2D eigenvalue weighted by Gasteiger charge is -2.11. The molecule has 0 aliphatic carbocycles. The predicted molar refractivity (Wildman–Crippen MR) is 80.9 cm³/mol. The summed E-state index contributed by atoms with van der Waals surface area (Å²) in [5.41, 5.74) is 1.77. The van der Waals surface area contributed by atoms with Gasteiger partial charge in [-0.3, -0.25) is 4.79 Å². The van der Waals surface area contributed by atoms with Crippen LogP contribution in [-0.2, 0) is 11.3 Å². The Morgan fingerprint density at radius 2 is 2.05 bits per heavy atom. The van der Waals surface area contributed by atoms with Crippen LogP contribution in [0.1, 0.15) is 15.9 Å². The van der Waals surface area contributed by atoms with Gasteiger partial charge in [0.1, 0.15) is 5.75 Å². The van der Waals surface area contributed by atoms with Crippen molar-refractivity contribution in [2.45, 2.75) is 6.61 Å². The maximum Gasteiger partial charge on any atom is 0.259 e. The molecule has 0 fully saturated rings. The van der Waals surface area contributed by atoms with Crippen molar-refractivity contribution < 1.29 is 14.6 Å². The van der Waals surface area contributed by atoms with E-state index in [0.717, 1.165) is 5.56 Å². The second-order valence-electron chi connectivity index (χ2n) is 4.21. The summed E-state index contributed by atoms with van der Waals surface area (Å²) in [6, 6.07) is 12.1. The average Bonchev–Trinajstić information content (AvgIpc) is 2.41. The summed E-state index contributed by atoms with van der Waals surface area (Å²) >= 11 is 3.24. The lowest BCUT2D eigenvalue weighted by atomic mass is 10.1. The third kappa shape index (κ3) is 3.37. The predicted octanol–water partition coefficient (Wildman–Crippen LogP) is 3.55. The highest BCUT2D eigenvalue weighted by Crippen LogP contribution is 2.24. The Morgan fingerprint density at radius 3 is 2.75 bits per heavy atom. The molecule has 5 heteroatoms. The fourth-order valence-electron chi connectivity index (χ4n) is 1.81. The highest BCUT2D eigenvalue weighted by Gasteiger charge is 2.13. The molecule has 1 amide bonds. The topological polar surface area (TPSA) is 58.6 Å². The molecule has 0 aliphatic rings. The van der Waals surface area contributed by atoms with Crippen molar-refractivity contribution in [3.8, 4) is 5.75 Å². The van der Waals surface area contributed by atoms with E-state index in [-0.39, 0.29) is 17.2 Å². The highest BCUT2D eigenvalue weighted by atomic mass is 79.9. The molecule has 0 atom stereocenters. The van der Waals surface area contributed by atoms with Crippen molar-refractivity contribution in [1.82, 2.24) is 0 Å². The molecular weight excluding hydrogens is 322 g/mol. The number of benzene rings is 2. The number of carbonyl (C=O) groups excluding carboxylic acids is 1. The molecular formula is C15H14BrNO3. The zero-order valence-electron chi connectivity index (χ0n) is 10.9. The Balaban J connectivity index is 2.23. The van der Waals surface area contributed by atoms with Crippen LogP contribution in [0.3, 0.4) is 0 Å². The molecule has 4 nitrogen and oxygen atoms in total. The lowest BCUT2D eigenvalue weighted by molar-refractivity contribution is 0.102. The molecule has 2 N–H and O–H groups in total. The Bertz CT molecular complexity index is 628. The normalized spacial score (nSPS) is 10.3. The van der Waals surface area contributed by atoms with Gasteiger partial charge in [-0.15, -0.1) is 0 Å². The van der Waals surface area contributed by atoms with Crippen LogP contribution in [0.15, 0.2) is 46.9 Å². The minimum absolute atomic E-state index is 0.0684. The molecule has 0 aromatic heterocycles. The molecule has 0 unspecified atom stereocenters. The number of aromatic hydroxyl groups is 1. The number of hydrogen-bond acceptors (Lipinski definition) is 3. The second-order valence-corrected chi connectivity index (χ2v) is 5.12. The van der Waals surface area contributed by atoms with E-state index in [1.165, 1.54) is 6.07 Å². The molecule has 0 radical (unpaired) electrons. The number of para-hydroxylation sites is 1. The largest absolute Gasteiger partial charge is 0.507 e. The molecule has 20 heavy (non-hydrogen) atoms. The van der Waals surface area contributed by atoms with Crippen LogP contribution >= 0.6 is 15.9 Å². The van der Waals surface area contributed by atoms with Gasteiger partial charge in [0, 0.05) is 22.8 Å². The van der Waals surface area contributed by atoms with Crippen molar-refractivity contribution in [3.05, 3.63) is 58.1 Å². The van der Waals surface area contributed by atoms with E-state index in [0.29, 0.717) is 16.8 Å². The van der Waals surface area contributed by atoms with Crippen molar-refractivity contribution in [1.29, 1.82) is 0 Å². The molecule has 0 saturated heterocycles. The first-order chi connectivity index (χ1) is 9.61. The number of phenols is 1. The summed E-state index contributed by atoms with van der Waals surface area (Å²) < 4.78 is 5.80. The van der Waals surface area contributed by atoms with Gasteiger partial charge in [0.25, 0.3) is 5.91 Å². The summed E-state index contributed by atoms with van der Waals surface area (Å²) in [7, 11) is 1.60. The number of amides is 1. The van der Waals surface area contributed by atoms with Gasteiger partial charge in [0.2, 0.25) is 0 Å². The molecule has 2 rings (SSSR count). The molecule has 104 valence electrons. The monoisotopic (exact) mass is 335 g/mol. The number of nitrogens with one attached hydrogen (secondary N) is 1. The smallest absolute Gasteiger partial charge is 0.259 e. The summed E-state index contributed by atoms with van der Waals surface area (Å²) in [6.07, 6.45) is 0. The number of methoxy groups -OCH3 is 1. The number of carbonyl (C=O) groups is 1. The van der Waals surface area contributed by atoms with Gasteiger partial charge in [-0.25, -0.2) is 0 Å². The van der Waals surface area contributed by atoms with Gasteiger partial charge in [0.05, 0.1) is 12.2 Å². The summed E-state index contributed by atoms with van der Waals surface area (Å²) in [6.45, 7) is 0.406. The highest BCUT2D eigenvalue weighted by molar-refractivity contribution is 9.10. The van der Waals surface area contributed by atoms with Crippen molar-refractivity contribution in [2.24, 2.45) is 0 Å². The van der Waals surface area contributed by atoms with E-state index in [2.05, 4.69) is 21.2 Å². The van der Waals surface area contributed by atoms with Gasteiger partial charge in [-0.05, 0) is 24.3 Å². The number of rotatable bonds is 4. The number of hydrogen-bond donors (Lipinski definition) is 2. The fraction of sp³-hybridized carbons (Fsp3) is 0.133. The van der Waals surface area contributed by atoms with Gasteiger partial charge < -0.3 is 15.2 Å². The van der Waals surface area contributed by atoms with Crippen LogP contribution in [-0.4, -0.2) is 18.1 Å². The fourth-order valence-corrected chi connectivity index (χ4v) is 2.16. The van der Waals surface area contributed by atoms with Crippen LogP contribution in [0.25, 0.3) is 0 Å². The van der Waals surface area contributed by atoms with E-state index in [1.807, 2.05) is 18.2 Å². The van der Waals surface area contributed by atoms with E-state index in [1.54, 1.807) is 25.3 Å². The first-order valence-electron chi connectivity index (χ1n) is 5.98. The minimum Gasteiger partial charge on any atom is -0.507 e. The quantitative estimate of drug-likeness (QED) is 0.898. The SMILES string of the molecule is COCc1ccccc1NC(=O)c1ccc(Br)cc1O. The lowest BCUT2D eigenvalue weighted by Crippen LogP contribution is -2.13. The Labute approximate surface area is 125 Å². The molecule has 2 aromatic rings. The number of halogens is 1.